The summed E-state index contributed by atoms with van der Waals surface area (Å²) in [6.07, 6.45) is 0.960. The number of halogens is 2. The van der Waals surface area contributed by atoms with Gasteiger partial charge in [0, 0.05) is 18.4 Å². The van der Waals surface area contributed by atoms with Crippen molar-refractivity contribution in [2.75, 3.05) is 18.4 Å². The Hall–Kier alpha value is -0.0600. The Labute approximate surface area is 107 Å². The minimum atomic E-state index is 0.0382. The van der Waals surface area contributed by atoms with Crippen molar-refractivity contribution >= 4 is 44.8 Å². The quantitative estimate of drug-likeness (QED) is 0.760. The molecule has 1 aromatic heterocycles. The second-order valence-electron chi connectivity index (χ2n) is 3.08. The van der Waals surface area contributed by atoms with Crippen molar-refractivity contribution in [3.63, 3.8) is 0 Å². The molecule has 0 bridgehead atoms. The molecule has 0 aliphatic heterocycles. The van der Waals surface area contributed by atoms with E-state index >= 15 is 0 Å². The van der Waals surface area contributed by atoms with Gasteiger partial charge in [0.05, 0.1) is 5.02 Å². The Morgan fingerprint density at radius 3 is 2.80 bits per heavy atom. The molecule has 0 atom stereocenters. The molecule has 1 rings (SSSR count). The second kappa shape index (κ2) is 6.51. The van der Waals surface area contributed by atoms with Crippen molar-refractivity contribution in [3.8, 4) is 0 Å². The standard InChI is InChI=1S/C10H13BrClNOS/c1-2-5-13(6-4-11)10(14)9-8(12)3-7-15-9/h3,7H,2,4-6H2,1H3. The maximum Gasteiger partial charge on any atom is 0.265 e. The van der Waals surface area contributed by atoms with Crippen LogP contribution in [0.25, 0.3) is 0 Å². The molecule has 0 saturated heterocycles. The SMILES string of the molecule is CCCN(CCBr)C(=O)c1sccc1Cl. The van der Waals surface area contributed by atoms with E-state index in [1.54, 1.807) is 6.07 Å². The Balaban J connectivity index is 2.76. The minimum Gasteiger partial charge on any atom is -0.337 e. The maximum atomic E-state index is 12.0. The molecule has 1 aromatic rings. The van der Waals surface area contributed by atoms with Crippen molar-refractivity contribution in [2.45, 2.75) is 13.3 Å². The van der Waals surface area contributed by atoms with E-state index in [1.807, 2.05) is 10.3 Å². The zero-order valence-corrected chi connectivity index (χ0v) is 11.7. The van der Waals surface area contributed by atoms with Crippen LogP contribution in [0.1, 0.15) is 23.0 Å². The molecule has 5 heteroatoms. The molecule has 0 spiro atoms. The van der Waals surface area contributed by atoms with Crippen molar-refractivity contribution in [1.82, 2.24) is 4.90 Å². The van der Waals surface area contributed by atoms with Crippen molar-refractivity contribution in [3.05, 3.63) is 21.3 Å². The third-order valence-corrected chi connectivity index (χ3v) is 3.63. The summed E-state index contributed by atoms with van der Waals surface area (Å²) >= 11 is 10.7. The Morgan fingerprint density at radius 2 is 2.33 bits per heavy atom. The first-order chi connectivity index (χ1) is 7.20. The monoisotopic (exact) mass is 309 g/mol. The zero-order chi connectivity index (χ0) is 11.3. The number of amides is 1. The van der Waals surface area contributed by atoms with Gasteiger partial charge in [-0.1, -0.05) is 34.5 Å². The topological polar surface area (TPSA) is 20.3 Å². The molecule has 0 N–H and O–H groups in total. The van der Waals surface area contributed by atoms with Crippen LogP contribution in [0.3, 0.4) is 0 Å². The molecule has 0 unspecified atom stereocenters. The molecule has 0 aliphatic rings. The Morgan fingerprint density at radius 1 is 1.60 bits per heavy atom. The number of hydrogen-bond acceptors (Lipinski definition) is 2. The lowest BCUT2D eigenvalue weighted by Gasteiger charge is -2.20. The molecule has 15 heavy (non-hydrogen) atoms. The van der Waals surface area contributed by atoms with Gasteiger partial charge in [-0.05, 0) is 17.9 Å². The highest BCUT2D eigenvalue weighted by Gasteiger charge is 2.18. The third kappa shape index (κ3) is 3.47. The first-order valence-electron chi connectivity index (χ1n) is 4.79. The lowest BCUT2D eigenvalue weighted by molar-refractivity contribution is 0.0771. The van der Waals surface area contributed by atoms with Crippen LogP contribution in [0.15, 0.2) is 11.4 Å². The van der Waals surface area contributed by atoms with Gasteiger partial charge in [-0.15, -0.1) is 11.3 Å². The predicted octanol–water partition coefficient (Wildman–Crippen LogP) is 3.65. The van der Waals surface area contributed by atoms with Gasteiger partial charge in [0.25, 0.3) is 5.91 Å². The zero-order valence-electron chi connectivity index (χ0n) is 8.50. The fourth-order valence-corrected chi connectivity index (χ4v) is 2.81. The van der Waals surface area contributed by atoms with Gasteiger partial charge in [0.15, 0.2) is 0 Å². The van der Waals surface area contributed by atoms with E-state index in [0.29, 0.717) is 9.90 Å². The van der Waals surface area contributed by atoms with E-state index in [1.165, 1.54) is 11.3 Å². The molecule has 0 aliphatic carbocycles. The second-order valence-corrected chi connectivity index (χ2v) is 5.20. The van der Waals surface area contributed by atoms with Crippen molar-refractivity contribution in [2.24, 2.45) is 0 Å². The van der Waals surface area contributed by atoms with Crippen LogP contribution in [0.4, 0.5) is 0 Å². The largest absolute Gasteiger partial charge is 0.337 e. The first kappa shape index (κ1) is 13.0. The van der Waals surface area contributed by atoms with E-state index in [-0.39, 0.29) is 5.91 Å². The van der Waals surface area contributed by atoms with Crippen LogP contribution in [-0.2, 0) is 0 Å². The fourth-order valence-electron chi connectivity index (χ4n) is 1.28. The highest BCUT2D eigenvalue weighted by Crippen LogP contribution is 2.23. The number of nitrogens with zero attached hydrogens (tertiary/aromatic N) is 1. The molecule has 0 saturated carbocycles. The van der Waals surface area contributed by atoms with E-state index < -0.39 is 0 Å². The molecule has 84 valence electrons. The predicted molar refractivity (Wildman–Crippen MR) is 69.3 cm³/mol. The highest BCUT2D eigenvalue weighted by atomic mass is 79.9. The van der Waals surface area contributed by atoms with Crippen molar-refractivity contribution in [1.29, 1.82) is 0 Å². The first-order valence-corrected chi connectivity index (χ1v) is 7.16. The maximum absolute atomic E-state index is 12.0. The van der Waals surface area contributed by atoms with Gasteiger partial charge in [-0.3, -0.25) is 4.79 Å². The summed E-state index contributed by atoms with van der Waals surface area (Å²) in [7, 11) is 0. The molecular formula is C10H13BrClNOS. The molecule has 2 nitrogen and oxygen atoms in total. The number of thiophene rings is 1. The van der Waals surface area contributed by atoms with Gasteiger partial charge in [-0.2, -0.15) is 0 Å². The lowest BCUT2D eigenvalue weighted by Crippen LogP contribution is -2.33. The van der Waals surface area contributed by atoms with Gasteiger partial charge < -0.3 is 4.90 Å². The summed E-state index contributed by atoms with van der Waals surface area (Å²) in [5, 5.41) is 3.19. The summed E-state index contributed by atoms with van der Waals surface area (Å²) in [6.45, 7) is 3.56. The van der Waals surface area contributed by atoms with Gasteiger partial charge >= 0.3 is 0 Å². The van der Waals surface area contributed by atoms with Crippen LogP contribution in [0.5, 0.6) is 0 Å². The minimum absolute atomic E-state index is 0.0382. The number of rotatable bonds is 5. The smallest absolute Gasteiger partial charge is 0.265 e. The van der Waals surface area contributed by atoms with Crippen LogP contribution in [0, 0.1) is 0 Å². The summed E-state index contributed by atoms with van der Waals surface area (Å²) in [5.74, 6) is 0.0382. The van der Waals surface area contributed by atoms with E-state index in [0.717, 1.165) is 24.8 Å². The normalized spacial score (nSPS) is 10.3. The summed E-state index contributed by atoms with van der Waals surface area (Å²) in [5.41, 5.74) is 0. The number of carbonyl (C=O) groups is 1. The number of hydrogen-bond donors (Lipinski definition) is 0. The van der Waals surface area contributed by atoms with E-state index in [4.69, 9.17) is 11.6 Å². The Kier molecular flexibility index (Phi) is 5.64. The molecule has 0 fully saturated rings. The molecule has 1 amide bonds. The summed E-state index contributed by atoms with van der Waals surface area (Å²) in [4.78, 5) is 14.5. The average molecular weight is 311 g/mol. The Bertz CT molecular complexity index is 323. The average Bonchev–Trinajstić information content (AvgIpc) is 2.63. The summed E-state index contributed by atoms with van der Waals surface area (Å²) in [6, 6.07) is 1.76. The summed E-state index contributed by atoms with van der Waals surface area (Å²) < 4.78 is 0. The number of carbonyl (C=O) groups excluding carboxylic acids is 1. The fraction of sp³-hybridized carbons (Fsp3) is 0.500. The van der Waals surface area contributed by atoms with E-state index in [9.17, 15) is 4.79 Å². The molecular weight excluding hydrogens is 298 g/mol. The van der Waals surface area contributed by atoms with E-state index in [2.05, 4.69) is 22.9 Å². The molecule has 0 aromatic carbocycles. The molecule has 0 radical (unpaired) electrons. The van der Waals surface area contributed by atoms with Gasteiger partial charge in [-0.25, -0.2) is 0 Å². The lowest BCUT2D eigenvalue weighted by atomic mass is 10.3. The van der Waals surface area contributed by atoms with Crippen molar-refractivity contribution < 1.29 is 4.79 Å². The van der Waals surface area contributed by atoms with Gasteiger partial charge in [0.1, 0.15) is 4.88 Å². The highest BCUT2D eigenvalue weighted by molar-refractivity contribution is 9.09. The van der Waals surface area contributed by atoms with Crippen LogP contribution >= 0.6 is 38.9 Å². The van der Waals surface area contributed by atoms with Gasteiger partial charge in [0.2, 0.25) is 0 Å². The van der Waals surface area contributed by atoms with Crippen LogP contribution < -0.4 is 0 Å². The molecule has 1 heterocycles. The van der Waals surface area contributed by atoms with Crippen LogP contribution in [0.2, 0.25) is 5.02 Å². The third-order valence-electron chi connectivity index (χ3n) is 1.95. The number of alkyl halides is 1. The van der Waals surface area contributed by atoms with Crippen LogP contribution in [-0.4, -0.2) is 29.2 Å².